The minimum atomic E-state index is -0.496. The van der Waals surface area contributed by atoms with Crippen LogP contribution in [0.5, 0.6) is 0 Å². The molecule has 0 aromatic heterocycles. The predicted molar refractivity (Wildman–Crippen MR) is 80.3 cm³/mol. The number of likely N-dealkylation sites (N-methyl/N-ethyl adjacent to an activating group) is 1. The van der Waals surface area contributed by atoms with Gasteiger partial charge in [-0.15, -0.1) is 0 Å². The van der Waals surface area contributed by atoms with Crippen LogP contribution in [0, 0.1) is 0 Å². The van der Waals surface area contributed by atoms with Crippen molar-refractivity contribution in [2.45, 2.75) is 0 Å². The zero-order valence-corrected chi connectivity index (χ0v) is 12.5. The van der Waals surface area contributed by atoms with E-state index in [0.717, 1.165) is 0 Å². The number of carbonyl (C=O) groups is 2. The van der Waals surface area contributed by atoms with Crippen LogP contribution in [0.4, 0.5) is 11.4 Å². The number of nitrogen functional groups attached to an aromatic ring is 1. The molecule has 0 spiro atoms. The average molecular weight is 295 g/mol. The van der Waals surface area contributed by atoms with E-state index in [9.17, 15) is 9.59 Å². The van der Waals surface area contributed by atoms with E-state index in [1.54, 1.807) is 31.2 Å². The van der Waals surface area contributed by atoms with Crippen LogP contribution in [0.1, 0.15) is 10.4 Å². The second kappa shape index (κ2) is 8.11. The molecule has 1 rings (SSSR count). The van der Waals surface area contributed by atoms with Gasteiger partial charge in [0.15, 0.2) is 0 Å². The number of hydrogen-bond acceptors (Lipinski definition) is 6. The molecular formula is C14H21N3O4. The van der Waals surface area contributed by atoms with Crippen LogP contribution < -0.4 is 16.0 Å². The molecule has 0 heterocycles. The lowest BCUT2D eigenvalue weighted by atomic mass is 10.1. The zero-order chi connectivity index (χ0) is 15.8. The van der Waals surface area contributed by atoms with Crippen LogP contribution >= 0.6 is 0 Å². The first kappa shape index (κ1) is 16.8. The molecule has 0 aliphatic carbocycles. The van der Waals surface area contributed by atoms with Gasteiger partial charge in [0.1, 0.15) is 0 Å². The highest BCUT2D eigenvalue weighted by atomic mass is 16.5. The van der Waals surface area contributed by atoms with Crippen LogP contribution in [0.2, 0.25) is 0 Å². The number of nitrogens with zero attached hydrogens (tertiary/aromatic N) is 1. The Kier molecular flexibility index (Phi) is 6.48. The van der Waals surface area contributed by atoms with Gasteiger partial charge in [-0.1, -0.05) is 0 Å². The molecule has 1 aromatic rings. The molecule has 0 fully saturated rings. The summed E-state index contributed by atoms with van der Waals surface area (Å²) in [6, 6.07) is 4.88. The minimum absolute atomic E-state index is 0.109. The van der Waals surface area contributed by atoms with Gasteiger partial charge in [-0.05, 0) is 18.2 Å². The van der Waals surface area contributed by atoms with E-state index in [4.69, 9.17) is 15.2 Å². The maximum atomic E-state index is 11.8. The van der Waals surface area contributed by atoms with Crippen molar-refractivity contribution in [3.8, 4) is 0 Å². The molecule has 7 nitrogen and oxygen atoms in total. The largest absolute Gasteiger partial charge is 0.465 e. The Morgan fingerprint density at radius 2 is 2.05 bits per heavy atom. The first-order valence-corrected chi connectivity index (χ1v) is 6.44. The Morgan fingerprint density at radius 1 is 1.33 bits per heavy atom. The first-order valence-electron chi connectivity index (χ1n) is 6.44. The molecule has 0 saturated heterocycles. The molecule has 3 N–H and O–H groups in total. The zero-order valence-electron chi connectivity index (χ0n) is 12.5. The SMILES string of the molecule is COCCNC(=O)CN(C)c1ccc(N)cc1C(=O)OC. The van der Waals surface area contributed by atoms with E-state index < -0.39 is 5.97 Å². The second-order valence-electron chi connectivity index (χ2n) is 4.47. The van der Waals surface area contributed by atoms with Crippen molar-refractivity contribution in [2.24, 2.45) is 0 Å². The maximum Gasteiger partial charge on any atom is 0.340 e. The third kappa shape index (κ3) is 4.96. The van der Waals surface area contributed by atoms with Gasteiger partial charge < -0.3 is 25.4 Å². The summed E-state index contributed by atoms with van der Waals surface area (Å²) in [5, 5.41) is 2.71. The number of esters is 1. The molecule has 7 heteroatoms. The molecule has 0 bridgehead atoms. The van der Waals surface area contributed by atoms with Crippen molar-refractivity contribution in [3.05, 3.63) is 23.8 Å². The number of nitrogens with one attached hydrogen (secondary N) is 1. The third-order valence-electron chi connectivity index (χ3n) is 2.85. The molecule has 1 aromatic carbocycles. The highest BCUT2D eigenvalue weighted by molar-refractivity contribution is 5.97. The Hall–Kier alpha value is -2.28. The molecule has 116 valence electrons. The lowest BCUT2D eigenvalue weighted by Crippen LogP contribution is -2.37. The van der Waals surface area contributed by atoms with Crippen LogP contribution in [0.3, 0.4) is 0 Å². The van der Waals surface area contributed by atoms with Crippen LogP contribution in [-0.2, 0) is 14.3 Å². The number of hydrogen-bond donors (Lipinski definition) is 2. The number of anilines is 2. The summed E-state index contributed by atoms with van der Waals surface area (Å²) in [5.41, 5.74) is 7.04. The molecule has 0 aliphatic rings. The molecule has 1 amide bonds. The van der Waals surface area contributed by atoms with Gasteiger partial charge in [-0.25, -0.2) is 4.79 Å². The fourth-order valence-corrected chi connectivity index (χ4v) is 1.81. The van der Waals surface area contributed by atoms with Crippen molar-refractivity contribution in [1.29, 1.82) is 0 Å². The van der Waals surface area contributed by atoms with Crippen molar-refractivity contribution in [2.75, 3.05) is 51.6 Å². The normalized spacial score (nSPS) is 10.0. The number of ether oxygens (including phenoxy) is 2. The Balaban J connectivity index is 2.79. The number of rotatable bonds is 7. The fraction of sp³-hybridized carbons (Fsp3) is 0.429. The van der Waals surface area contributed by atoms with E-state index in [-0.39, 0.29) is 12.5 Å². The molecule has 0 atom stereocenters. The van der Waals surface area contributed by atoms with Gasteiger partial charge in [0, 0.05) is 26.4 Å². The van der Waals surface area contributed by atoms with Crippen molar-refractivity contribution >= 4 is 23.3 Å². The van der Waals surface area contributed by atoms with Gasteiger partial charge >= 0.3 is 5.97 Å². The van der Waals surface area contributed by atoms with E-state index in [1.165, 1.54) is 13.2 Å². The summed E-state index contributed by atoms with van der Waals surface area (Å²) in [6.45, 7) is 0.997. The van der Waals surface area contributed by atoms with Gasteiger partial charge in [-0.2, -0.15) is 0 Å². The summed E-state index contributed by atoms with van der Waals surface area (Å²) in [6.07, 6.45) is 0. The number of methoxy groups -OCH3 is 2. The lowest BCUT2D eigenvalue weighted by Gasteiger charge is -2.21. The minimum Gasteiger partial charge on any atom is -0.465 e. The second-order valence-corrected chi connectivity index (χ2v) is 4.47. The van der Waals surface area contributed by atoms with Crippen LogP contribution in [-0.4, -0.2) is 52.8 Å². The lowest BCUT2D eigenvalue weighted by molar-refractivity contribution is -0.119. The Bertz CT molecular complexity index is 505. The van der Waals surface area contributed by atoms with Crippen LogP contribution in [0.15, 0.2) is 18.2 Å². The summed E-state index contributed by atoms with van der Waals surface area (Å²) >= 11 is 0. The van der Waals surface area contributed by atoms with Crippen molar-refractivity contribution in [1.82, 2.24) is 5.32 Å². The Labute approximate surface area is 124 Å². The van der Waals surface area contributed by atoms with E-state index in [1.807, 2.05) is 0 Å². The van der Waals surface area contributed by atoms with E-state index in [2.05, 4.69) is 5.32 Å². The number of nitrogens with two attached hydrogens (primary N) is 1. The molecule has 0 radical (unpaired) electrons. The summed E-state index contributed by atoms with van der Waals surface area (Å²) in [5.74, 6) is -0.661. The number of carbonyl (C=O) groups excluding carboxylic acids is 2. The smallest absolute Gasteiger partial charge is 0.340 e. The molecule has 0 saturated carbocycles. The average Bonchev–Trinajstić information content (AvgIpc) is 2.46. The molecule has 0 aliphatic heterocycles. The maximum absolute atomic E-state index is 11.8. The van der Waals surface area contributed by atoms with Crippen molar-refractivity contribution in [3.63, 3.8) is 0 Å². The number of benzene rings is 1. The topological polar surface area (TPSA) is 93.9 Å². The van der Waals surface area contributed by atoms with Crippen molar-refractivity contribution < 1.29 is 19.1 Å². The third-order valence-corrected chi connectivity index (χ3v) is 2.85. The standard InChI is InChI=1S/C14H21N3O4/c1-17(9-13(18)16-6-7-20-2)12-5-4-10(15)8-11(12)14(19)21-3/h4-5,8H,6-7,9,15H2,1-3H3,(H,16,18). The molecular weight excluding hydrogens is 274 g/mol. The van der Waals surface area contributed by atoms with Gasteiger partial charge in [0.25, 0.3) is 0 Å². The van der Waals surface area contributed by atoms with Gasteiger partial charge in [0.2, 0.25) is 5.91 Å². The molecule has 0 unspecified atom stereocenters. The highest BCUT2D eigenvalue weighted by Crippen LogP contribution is 2.22. The summed E-state index contributed by atoms with van der Waals surface area (Å²) < 4.78 is 9.59. The van der Waals surface area contributed by atoms with Crippen LogP contribution in [0.25, 0.3) is 0 Å². The van der Waals surface area contributed by atoms with E-state index >= 15 is 0 Å². The Morgan fingerprint density at radius 3 is 2.67 bits per heavy atom. The van der Waals surface area contributed by atoms with Gasteiger partial charge in [-0.3, -0.25) is 4.79 Å². The monoisotopic (exact) mass is 295 g/mol. The highest BCUT2D eigenvalue weighted by Gasteiger charge is 2.17. The summed E-state index contributed by atoms with van der Waals surface area (Å²) in [4.78, 5) is 25.2. The fourth-order valence-electron chi connectivity index (χ4n) is 1.81. The molecule has 21 heavy (non-hydrogen) atoms. The number of amides is 1. The van der Waals surface area contributed by atoms with E-state index in [0.29, 0.717) is 30.1 Å². The quantitative estimate of drug-likeness (QED) is 0.425. The predicted octanol–water partition coefficient (Wildman–Crippen LogP) is 0.254. The van der Waals surface area contributed by atoms with Gasteiger partial charge in [0.05, 0.1) is 31.5 Å². The first-order chi connectivity index (χ1) is 9.99. The summed E-state index contributed by atoms with van der Waals surface area (Å²) in [7, 11) is 4.58.